The Kier molecular flexibility index (Phi) is 4.32. The molecule has 0 spiro atoms. The third kappa shape index (κ3) is 3.27. The Morgan fingerprint density at radius 1 is 1.07 bits per heavy atom. The van der Waals surface area contributed by atoms with Gasteiger partial charge in [-0.1, -0.05) is 35.6 Å². The highest BCUT2D eigenvalue weighted by molar-refractivity contribution is 7.22. The van der Waals surface area contributed by atoms with Crippen LogP contribution in [0.5, 0.6) is 0 Å². The number of carbonyl (C=O) groups excluding carboxylic acids is 1. The van der Waals surface area contributed by atoms with Crippen molar-refractivity contribution >= 4 is 43.6 Å². The molecule has 0 atom stereocenters. The van der Waals surface area contributed by atoms with Gasteiger partial charge in [0.1, 0.15) is 11.1 Å². The molecule has 0 aliphatic carbocycles. The summed E-state index contributed by atoms with van der Waals surface area (Å²) in [6.45, 7) is 4.53. The summed E-state index contributed by atoms with van der Waals surface area (Å²) in [5.41, 5.74) is 2.22. The van der Waals surface area contributed by atoms with Crippen LogP contribution in [0.25, 0.3) is 21.2 Å². The van der Waals surface area contributed by atoms with Gasteiger partial charge in [0, 0.05) is 31.6 Å². The van der Waals surface area contributed by atoms with E-state index >= 15 is 0 Å². The predicted molar refractivity (Wildman–Crippen MR) is 115 cm³/mol. The quantitative estimate of drug-likeness (QED) is 0.476. The van der Waals surface area contributed by atoms with E-state index in [-0.39, 0.29) is 11.5 Å². The van der Waals surface area contributed by atoms with Crippen LogP contribution in [0.4, 0.5) is 5.13 Å². The molecule has 1 fully saturated rings. The van der Waals surface area contributed by atoms with E-state index < -0.39 is 5.63 Å². The lowest BCUT2D eigenvalue weighted by Crippen LogP contribution is -2.49. The highest BCUT2D eigenvalue weighted by Crippen LogP contribution is 2.30. The second-order valence-corrected chi connectivity index (χ2v) is 8.24. The van der Waals surface area contributed by atoms with Gasteiger partial charge < -0.3 is 14.2 Å². The molecule has 2 aromatic carbocycles. The number of aryl methyl sites for hydroxylation is 1. The van der Waals surface area contributed by atoms with Gasteiger partial charge in [0.25, 0.3) is 5.91 Å². The Bertz CT molecular complexity index is 1290. The molecule has 29 heavy (non-hydrogen) atoms. The molecule has 1 amide bonds. The average Bonchev–Trinajstić information content (AvgIpc) is 3.16. The minimum Gasteiger partial charge on any atom is -0.422 e. The molecule has 1 aliphatic heterocycles. The molecule has 7 heteroatoms. The summed E-state index contributed by atoms with van der Waals surface area (Å²) in [5, 5.41) is 1.72. The van der Waals surface area contributed by atoms with Crippen molar-refractivity contribution in [3.8, 4) is 0 Å². The number of carbonyl (C=O) groups is 1. The van der Waals surface area contributed by atoms with E-state index in [4.69, 9.17) is 9.40 Å². The van der Waals surface area contributed by atoms with Gasteiger partial charge >= 0.3 is 5.63 Å². The number of hydrogen-bond acceptors (Lipinski definition) is 6. The number of para-hydroxylation sites is 1. The first-order valence-corrected chi connectivity index (χ1v) is 10.3. The Hall–Kier alpha value is -3.19. The molecule has 1 aliphatic rings. The van der Waals surface area contributed by atoms with E-state index in [9.17, 15) is 9.59 Å². The second kappa shape index (κ2) is 7.00. The molecular weight excluding hydrogens is 386 g/mol. The van der Waals surface area contributed by atoms with Crippen LogP contribution in [-0.4, -0.2) is 42.0 Å². The molecule has 146 valence electrons. The fourth-order valence-electron chi connectivity index (χ4n) is 3.64. The van der Waals surface area contributed by atoms with Gasteiger partial charge in [-0.2, -0.15) is 0 Å². The first-order valence-electron chi connectivity index (χ1n) is 9.53. The number of nitrogens with zero attached hydrogens (tertiary/aromatic N) is 3. The number of aromatic nitrogens is 1. The van der Waals surface area contributed by atoms with Crippen LogP contribution in [0, 0.1) is 6.92 Å². The summed E-state index contributed by atoms with van der Waals surface area (Å²) in [6.07, 6.45) is 0. The molecule has 0 saturated carbocycles. The zero-order valence-electron chi connectivity index (χ0n) is 15.9. The van der Waals surface area contributed by atoms with E-state index in [2.05, 4.69) is 24.0 Å². The number of benzene rings is 2. The lowest BCUT2D eigenvalue weighted by Gasteiger charge is -2.34. The fourth-order valence-corrected chi connectivity index (χ4v) is 4.75. The number of anilines is 1. The van der Waals surface area contributed by atoms with Crippen molar-refractivity contribution in [2.24, 2.45) is 0 Å². The largest absolute Gasteiger partial charge is 0.422 e. The van der Waals surface area contributed by atoms with Gasteiger partial charge in [-0.3, -0.25) is 4.79 Å². The number of hydrogen-bond donors (Lipinski definition) is 0. The van der Waals surface area contributed by atoms with Crippen LogP contribution in [0.1, 0.15) is 15.9 Å². The zero-order valence-corrected chi connectivity index (χ0v) is 16.7. The first kappa shape index (κ1) is 17.9. The van der Waals surface area contributed by atoms with Crippen LogP contribution >= 0.6 is 11.3 Å². The molecule has 0 bridgehead atoms. The minimum absolute atomic E-state index is 0.0904. The molecule has 4 aromatic rings. The third-order valence-electron chi connectivity index (χ3n) is 5.24. The van der Waals surface area contributed by atoms with Crippen LogP contribution in [-0.2, 0) is 0 Å². The summed E-state index contributed by atoms with van der Waals surface area (Å²) in [4.78, 5) is 33.9. The number of thiazole rings is 1. The molecule has 0 N–H and O–H groups in total. The van der Waals surface area contributed by atoms with Crippen molar-refractivity contribution < 1.29 is 9.21 Å². The van der Waals surface area contributed by atoms with Crippen molar-refractivity contribution in [3.05, 3.63) is 70.1 Å². The maximum absolute atomic E-state index is 12.9. The average molecular weight is 405 g/mol. The van der Waals surface area contributed by atoms with Crippen LogP contribution in [0.2, 0.25) is 0 Å². The van der Waals surface area contributed by atoms with Crippen LogP contribution in [0.3, 0.4) is 0 Å². The van der Waals surface area contributed by atoms with E-state index in [0.717, 1.165) is 16.0 Å². The third-order valence-corrected chi connectivity index (χ3v) is 6.32. The normalized spacial score (nSPS) is 14.7. The number of fused-ring (bicyclic) bond motifs is 2. The Morgan fingerprint density at radius 2 is 1.86 bits per heavy atom. The topological polar surface area (TPSA) is 66.7 Å². The van der Waals surface area contributed by atoms with Crippen LogP contribution in [0.15, 0.2) is 57.7 Å². The Labute approximate surface area is 171 Å². The molecular formula is C22H19N3O3S. The molecule has 6 nitrogen and oxygen atoms in total. The lowest BCUT2D eigenvalue weighted by atomic mass is 10.1. The highest BCUT2D eigenvalue weighted by atomic mass is 32.1. The molecule has 3 heterocycles. The van der Waals surface area contributed by atoms with E-state index in [0.29, 0.717) is 31.8 Å². The van der Waals surface area contributed by atoms with E-state index in [1.54, 1.807) is 34.4 Å². The monoisotopic (exact) mass is 405 g/mol. The maximum atomic E-state index is 12.9. The highest BCUT2D eigenvalue weighted by Gasteiger charge is 2.26. The standard InChI is InChI=1S/C22H19N3O3S/c1-14-6-7-17-19(12-14)29-22(23-17)25-10-8-24(9-11-25)20(26)16-13-15-4-2-3-5-18(15)28-21(16)27/h2-7,12-13H,8-11H2,1H3. The first-order chi connectivity index (χ1) is 14.1. The molecule has 2 aromatic heterocycles. The van der Waals surface area contributed by atoms with E-state index in [1.165, 1.54) is 10.3 Å². The van der Waals surface area contributed by atoms with Crippen molar-refractivity contribution in [2.45, 2.75) is 6.92 Å². The van der Waals surface area contributed by atoms with Crippen LogP contribution < -0.4 is 10.5 Å². The maximum Gasteiger partial charge on any atom is 0.349 e. The lowest BCUT2D eigenvalue weighted by molar-refractivity contribution is 0.0742. The molecule has 1 saturated heterocycles. The predicted octanol–water partition coefficient (Wildman–Crippen LogP) is 3.67. The second-order valence-electron chi connectivity index (χ2n) is 7.23. The fraction of sp³-hybridized carbons (Fsp3) is 0.227. The number of rotatable bonds is 2. The summed E-state index contributed by atoms with van der Waals surface area (Å²) in [5.74, 6) is -0.274. The zero-order chi connectivity index (χ0) is 20.0. The Morgan fingerprint density at radius 3 is 2.69 bits per heavy atom. The van der Waals surface area contributed by atoms with E-state index in [1.807, 2.05) is 18.2 Å². The van der Waals surface area contributed by atoms with Crippen molar-refractivity contribution in [3.63, 3.8) is 0 Å². The summed E-state index contributed by atoms with van der Waals surface area (Å²) >= 11 is 1.67. The molecule has 0 unspecified atom stereocenters. The smallest absolute Gasteiger partial charge is 0.349 e. The minimum atomic E-state index is -0.585. The molecule has 0 radical (unpaired) electrons. The van der Waals surface area contributed by atoms with Gasteiger partial charge in [-0.25, -0.2) is 9.78 Å². The number of piperazine rings is 1. The summed E-state index contributed by atoms with van der Waals surface area (Å²) < 4.78 is 6.49. The summed E-state index contributed by atoms with van der Waals surface area (Å²) in [7, 11) is 0. The van der Waals surface area contributed by atoms with Gasteiger partial charge in [0.2, 0.25) is 0 Å². The van der Waals surface area contributed by atoms with Gasteiger partial charge in [-0.05, 0) is 36.8 Å². The van der Waals surface area contributed by atoms with Gasteiger partial charge in [0.05, 0.1) is 10.2 Å². The number of amides is 1. The van der Waals surface area contributed by atoms with Crippen molar-refractivity contribution in [2.75, 3.05) is 31.1 Å². The van der Waals surface area contributed by atoms with Gasteiger partial charge in [0.15, 0.2) is 5.13 Å². The Balaban J connectivity index is 1.34. The molecule has 5 rings (SSSR count). The van der Waals surface area contributed by atoms with Crippen molar-refractivity contribution in [1.29, 1.82) is 0 Å². The van der Waals surface area contributed by atoms with Gasteiger partial charge in [-0.15, -0.1) is 0 Å². The SMILES string of the molecule is Cc1ccc2nc(N3CCN(C(=O)c4cc5ccccc5oc4=O)CC3)sc2c1. The van der Waals surface area contributed by atoms with Crippen molar-refractivity contribution in [1.82, 2.24) is 9.88 Å². The summed E-state index contributed by atoms with van der Waals surface area (Å²) in [6, 6.07) is 15.1.